The third kappa shape index (κ3) is 2.04. The van der Waals surface area contributed by atoms with Crippen LogP contribution in [0, 0.1) is 0 Å². The van der Waals surface area contributed by atoms with Crippen molar-refractivity contribution < 1.29 is 4.79 Å². The molecule has 0 aromatic heterocycles. The lowest BCUT2D eigenvalue weighted by Gasteiger charge is -2.29. The van der Waals surface area contributed by atoms with Gasteiger partial charge in [-0.3, -0.25) is 9.79 Å². The Labute approximate surface area is 141 Å². The lowest BCUT2D eigenvalue weighted by atomic mass is 9.77. The van der Waals surface area contributed by atoms with E-state index in [2.05, 4.69) is 30.3 Å². The van der Waals surface area contributed by atoms with Gasteiger partial charge in [0.2, 0.25) is 0 Å². The van der Waals surface area contributed by atoms with E-state index in [1.165, 1.54) is 0 Å². The Morgan fingerprint density at radius 3 is 1.79 bits per heavy atom. The molecule has 0 amide bonds. The van der Waals surface area contributed by atoms with Crippen LogP contribution in [-0.2, 0) is 10.3 Å². The average molecular weight is 311 g/mol. The molecule has 2 heteroatoms. The number of benzene rings is 3. The predicted octanol–water partition coefficient (Wildman–Crippen LogP) is 4.37. The summed E-state index contributed by atoms with van der Waals surface area (Å²) in [5, 5.41) is 0. The van der Waals surface area contributed by atoms with Gasteiger partial charge in [0.05, 0.1) is 0 Å². The van der Waals surface area contributed by atoms with Crippen molar-refractivity contribution in [2.45, 2.75) is 12.5 Å². The maximum Gasteiger partial charge on any atom is 0.178 e. The Bertz CT molecular complexity index is 887. The van der Waals surface area contributed by atoms with Crippen LogP contribution in [0.15, 0.2) is 89.9 Å². The van der Waals surface area contributed by atoms with E-state index < -0.39 is 5.54 Å². The molecule has 4 rings (SSSR count). The quantitative estimate of drug-likeness (QED) is 0.706. The summed E-state index contributed by atoms with van der Waals surface area (Å²) in [6.45, 7) is 1.58. The average Bonchev–Trinajstić information content (AvgIpc) is 3.00. The van der Waals surface area contributed by atoms with Gasteiger partial charge in [0.1, 0.15) is 11.3 Å². The SMILES string of the molecule is CC(=O)C1=NC(c2ccccc2)(c2ccccc2)c2ccccc21. The van der Waals surface area contributed by atoms with Gasteiger partial charge in [-0.25, -0.2) is 0 Å². The summed E-state index contributed by atoms with van der Waals surface area (Å²) >= 11 is 0. The minimum Gasteiger partial charge on any atom is -0.293 e. The molecule has 1 aliphatic rings. The van der Waals surface area contributed by atoms with Crippen LogP contribution < -0.4 is 0 Å². The molecule has 116 valence electrons. The van der Waals surface area contributed by atoms with Crippen LogP contribution in [0.25, 0.3) is 0 Å². The third-order valence-corrected chi connectivity index (χ3v) is 4.57. The Morgan fingerprint density at radius 1 is 0.750 bits per heavy atom. The first-order valence-electron chi connectivity index (χ1n) is 8.05. The summed E-state index contributed by atoms with van der Waals surface area (Å²) in [7, 11) is 0. The summed E-state index contributed by atoms with van der Waals surface area (Å²) in [4.78, 5) is 17.2. The molecular formula is C22H17NO. The summed E-state index contributed by atoms with van der Waals surface area (Å²) < 4.78 is 0. The standard InChI is InChI=1S/C22H17NO/c1-16(24)21-19-14-8-9-15-20(19)22(23-21,17-10-4-2-5-11-17)18-12-6-3-7-13-18/h2-15H,1H3. The molecule has 0 unspecified atom stereocenters. The van der Waals surface area contributed by atoms with Gasteiger partial charge < -0.3 is 0 Å². The lowest BCUT2D eigenvalue weighted by Crippen LogP contribution is -2.25. The van der Waals surface area contributed by atoms with Crippen molar-refractivity contribution in [1.82, 2.24) is 0 Å². The molecule has 1 aliphatic heterocycles. The van der Waals surface area contributed by atoms with E-state index in [0.717, 1.165) is 22.3 Å². The van der Waals surface area contributed by atoms with Gasteiger partial charge in [0.15, 0.2) is 5.78 Å². The molecule has 0 atom stereocenters. The predicted molar refractivity (Wildman–Crippen MR) is 96.4 cm³/mol. The maximum atomic E-state index is 12.2. The molecular weight excluding hydrogens is 294 g/mol. The lowest BCUT2D eigenvalue weighted by molar-refractivity contribution is -0.111. The summed E-state index contributed by atoms with van der Waals surface area (Å²) in [6.07, 6.45) is 0. The van der Waals surface area contributed by atoms with Gasteiger partial charge in [-0.15, -0.1) is 0 Å². The van der Waals surface area contributed by atoms with Crippen LogP contribution in [0.5, 0.6) is 0 Å². The molecule has 3 aromatic carbocycles. The number of carbonyl (C=O) groups excluding carboxylic acids is 1. The molecule has 2 nitrogen and oxygen atoms in total. The highest BCUT2D eigenvalue weighted by molar-refractivity contribution is 6.46. The topological polar surface area (TPSA) is 29.4 Å². The van der Waals surface area contributed by atoms with Crippen LogP contribution >= 0.6 is 0 Å². The molecule has 0 saturated carbocycles. The number of Topliss-reactive ketones (excluding diaryl/α,β-unsaturated/α-hetero) is 1. The fourth-order valence-corrected chi connectivity index (χ4v) is 3.53. The van der Waals surface area contributed by atoms with Gasteiger partial charge in [-0.05, 0) is 16.7 Å². The zero-order chi connectivity index (χ0) is 16.6. The number of nitrogens with zero attached hydrogens (tertiary/aromatic N) is 1. The summed E-state index contributed by atoms with van der Waals surface area (Å²) in [5.41, 5.74) is 4.02. The van der Waals surface area contributed by atoms with Crippen LogP contribution in [0.2, 0.25) is 0 Å². The number of rotatable bonds is 3. The summed E-state index contributed by atoms with van der Waals surface area (Å²) in [6, 6.07) is 28.4. The van der Waals surface area contributed by atoms with Crippen molar-refractivity contribution in [2.75, 3.05) is 0 Å². The second-order valence-corrected chi connectivity index (χ2v) is 6.00. The highest BCUT2D eigenvalue weighted by atomic mass is 16.1. The monoisotopic (exact) mass is 311 g/mol. The number of hydrogen-bond acceptors (Lipinski definition) is 2. The van der Waals surface area contributed by atoms with Crippen LogP contribution in [0.1, 0.15) is 29.2 Å². The van der Waals surface area contributed by atoms with E-state index in [-0.39, 0.29) is 5.78 Å². The fraction of sp³-hybridized carbons (Fsp3) is 0.0909. The van der Waals surface area contributed by atoms with Gasteiger partial charge in [0, 0.05) is 12.5 Å². The number of ketones is 1. The molecule has 24 heavy (non-hydrogen) atoms. The third-order valence-electron chi connectivity index (χ3n) is 4.57. The van der Waals surface area contributed by atoms with Crippen LogP contribution in [0.3, 0.4) is 0 Å². The molecule has 0 fully saturated rings. The van der Waals surface area contributed by atoms with Crippen molar-refractivity contribution in [3.05, 3.63) is 107 Å². The van der Waals surface area contributed by atoms with E-state index in [9.17, 15) is 4.79 Å². The molecule has 3 aromatic rings. The fourth-order valence-electron chi connectivity index (χ4n) is 3.53. The zero-order valence-electron chi connectivity index (χ0n) is 13.4. The summed E-state index contributed by atoms with van der Waals surface area (Å²) in [5.74, 6) is -0.00353. The highest BCUT2D eigenvalue weighted by Crippen LogP contribution is 2.46. The smallest absolute Gasteiger partial charge is 0.178 e. The number of fused-ring (bicyclic) bond motifs is 1. The van der Waals surface area contributed by atoms with Crippen molar-refractivity contribution in [2.24, 2.45) is 4.99 Å². The van der Waals surface area contributed by atoms with E-state index in [4.69, 9.17) is 4.99 Å². The van der Waals surface area contributed by atoms with Crippen LogP contribution in [0.4, 0.5) is 0 Å². The zero-order valence-corrected chi connectivity index (χ0v) is 13.4. The molecule has 0 N–H and O–H groups in total. The number of aliphatic imine (C=N–C) groups is 1. The molecule has 0 radical (unpaired) electrons. The Morgan fingerprint density at radius 2 is 1.25 bits per heavy atom. The first-order valence-corrected chi connectivity index (χ1v) is 8.05. The van der Waals surface area contributed by atoms with Crippen molar-refractivity contribution in [3.63, 3.8) is 0 Å². The molecule has 0 saturated heterocycles. The van der Waals surface area contributed by atoms with Gasteiger partial charge in [-0.1, -0.05) is 84.9 Å². The molecule has 0 bridgehead atoms. The first kappa shape index (κ1) is 14.6. The maximum absolute atomic E-state index is 12.2. The number of carbonyl (C=O) groups is 1. The minimum absolute atomic E-state index is 0.00353. The number of hydrogen-bond donors (Lipinski definition) is 0. The van der Waals surface area contributed by atoms with Gasteiger partial charge in [-0.2, -0.15) is 0 Å². The second-order valence-electron chi connectivity index (χ2n) is 6.00. The van der Waals surface area contributed by atoms with E-state index in [0.29, 0.717) is 5.71 Å². The Balaban J connectivity index is 2.11. The highest BCUT2D eigenvalue weighted by Gasteiger charge is 2.43. The van der Waals surface area contributed by atoms with Crippen molar-refractivity contribution in [1.29, 1.82) is 0 Å². The molecule has 0 aliphatic carbocycles. The normalized spacial score (nSPS) is 14.8. The van der Waals surface area contributed by atoms with E-state index in [1.807, 2.05) is 54.6 Å². The van der Waals surface area contributed by atoms with E-state index in [1.54, 1.807) is 6.92 Å². The minimum atomic E-state index is -0.667. The van der Waals surface area contributed by atoms with Crippen molar-refractivity contribution >= 4 is 11.5 Å². The largest absolute Gasteiger partial charge is 0.293 e. The van der Waals surface area contributed by atoms with Gasteiger partial charge >= 0.3 is 0 Å². The second kappa shape index (κ2) is 5.57. The first-order chi connectivity index (χ1) is 11.7. The molecule has 1 heterocycles. The van der Waals surface area contributed by atoms with Crippen LogP contribution in [-0.4, -0.2) is 11.5 Å². The van der Waals surface area contributed by atoms with E-state index >= 15 is 0 Å². The van der Waals surface area contributed by atoms with Gasteiger partial charge in [0.25, 0.3) is 0 Å². The Hall–Kier alpha value is -3.00. The van der Waals surface area contributed by atoms with Crippen molar-refractivity contribution in [3.8, 4) is 0 Å². The Kier molecular flexibility index (Phi) is 3.39. The molecule has 0 spiro atoms.